The SMILES string of the molecule is CCCN(CCC)C(=O)CNC(=O)c1ccco1. The van der Waals surface area contributed by atoms with Crippen LogP contribution in [0.4, 0.5) is 0 Å². The third-order valence-corrected chi connectivity index (χ3v) is 2.48. The van der Waals surface area contributed by atoms with E-state index in [1.54, 1.807) is 17.0 Å². The monoisotopic (exact) mass is 252 g/mol. The molecule has 0 saturated carbocycles. The fourth-order valence-corrected chi connectivity index (χ4v) is 1.66. The van der Waals surface area contributed by atoms with Crippen LogP contribution >= 0.6 is 0 Å². The standard InChI is InChI=1S/C13H20N2O3/c1-3-7-15(8-4-2)12(16)10-14-13(17)11-6-5-9-18-11/h5-6,9H,3-4,7-8,10H2,1-2H3,(H,14,17). The summed E-state index contributed by atoms with van der Waals surface area (Å²) in [4.78, 5) is 25.2. The Kier molecular flexibility index (Phi) is 5.97. The zero-order chi connectivity index (χ0) is 13.4. The first kappa shape index (κ1) is 14.3. The highest BCUT2D eigenvalue weighted by molar-refractivity contribution is 5.94. The van der Waals surface area contributed by atoms with Crippen LogP contribution in [0.2, 0.25) is 0 Å². The molecule has 0 saturated heterocycles. The Balaban J connectivity index is 2.41. The largest absolute Gasteiger partial charge is 0.459 e. The summed E-state index contributed by atoms with van der Waals surface area (Å²) in [5.41, 5.74) is 0. The molecule has 100 valence electrons. The lowest BCUT2D eigenvalue weighted by molar-refractivity contribution is -0.130. The molecule has 5 nitrogen and oxygen atoms in total. The van der Waals surface area contributed by atoms with Gasteiger partial charge >= 0.3 is 0 Å². The van der Waals surface area contributed by atoms with Crippen molar-refractivity contribution in [2.45, 2.75) is 26.7 Å². The van der Waals surface area contributed by atoms with Crippen LogP contribution in [0.3, 0.4) is 0 Å². The number of furan rings is 1. The Morgan fingerprint density at radius 1 is 1.28 bits per heavy atom. The first-order chi connectivity index (χ1) is 8.69. The number of carbonyl (C=O) groups is 2. The highest BCUT2D eigenvalue weighted by Gasteiger charge is 2.14. The van der Waals surface area contributed by atoms with Gasteiger partial charge < -0.3 is 14.6 Å². The minimum atomic E-state index is -0.360. The molecule has 0 aliphatic carbocycles. The molecule has 1 rings (SSSR count). The van der Waals surface area contributed by atoms with Gasteiger partial charge in [0.1, 0.15) is 0 Å². The molecule has 0 radical (unpaired) electrons. The highest BCUT2D eigenvalue weighted by atomic mass is 16.3. The lowest BCUT2D eigenvalue weighted by atomic mass is 10.3. The van der Waals surface area contributed by atoms with Crippen LogP contribution in [0.15, 0.2) is 22.8 Å². The van der Waals surface area contributed by atoms with E-state index in [9.17, 15) is 9.59 Å². The van der Waals surface area contributed by atoms with Crippen molar-refractivity contribution in [1.29, 1.82) is 0 Å². The van der Waals surface area contributed by atoms with Crippen molar-refractivity contribution in [2.24, 2.45) is 0 Å². The number of nitrogens with one attached hydrogen (secondary N) is 1. The maximum absolute atomic E-state index is 11.9. The quantitative estimate of drug-likeness (QED) is 0.802. The van der Waals surface area contributed by atoms with E-state index in [2.05, 4.69) is 5.32 Å². The van der Waals surface area contributed by atoms with Gasteiger partial charge in [-0.2, -0.15) is 0 Å². The summed E-state index contributed by atoms with van der Waals surface area (Å²) < 4.78 is 4.95. The Hall–Kier alpha value is -1.78. The van der Waals surface area contributed by atoms with Gasteiger partial charge in [0.15, 0.2) is 5.76 Å². The molecule has 0 aliphatic heterocycles. The van der Waals surface area contributed by atoms with Crippen molar-refractivity contribution in [2.75, 3.05) is 19.6 Å². The van der Waals surface area contributed by atoms with Crippen molar-refractivity contribution in [1.82, 2.24) is 10.2 Å². The molecule has 0 bridgehead atoms. The molecule has 0 fully saturated rings. The first-order valence-corrected chi connectivity index (χ1v) is 6.28. The highest BCUT2D eigenvalue weighted by Crippen LogP contribution is 1.99. The molecule has 0 aromatic carbocycles. The third kappa shape index (κ3) is 4.24. The zero-order valence-corrected chi connectivity index (χ0v) is 10.9. The van der Waals surface area contributed by atoms with Crippen molar-refractivity contribution in [3.8, 4) is 0 Å². The summed E-state index contributed by atoms with van der Waals surface area (Å²) in [6.45, 7) is 5.51. The van der Waals surface area contributed by atoms with Crippen LogP contribution < -0.4 is 5.32 Å². The van der Waals surface area contributed by atoms with Crippen molar-refractivity contribution >= 4 is 11.8 Å². The molecule has 0 unspecified atom stereocenters. The second-order valence-electron chi connectivity index (χ2n) is 4.04. The van der Waals surface area contributed by atoms with Gasteiger partial charge in [-0.3, -0.25) is 9.59 Å². The van der Waals surface area contributed by atoms with Crippen LogP contribution in [0.25, 0.3) is 0 Å². The predicted molar refractivity (Wildman–Crippen MR) is 68.2 cm³/mol. The van der Waals surface area contributed by atoms with Crippen LogP contribution in [-0.2, 0) is 4.79 Å². The number of hydrogen-bond acceptors (Lipinski definition) is 3. The van der Waals surface area contributed by atoms with E-state index in [1.807, 2.05) is 13.8 Å². The molecule has 2 amide bonds. The molecule has 0 aliphatic rings. The van der Waals surface area contributed by atoms with Crippen LogP contribution in [0.1, 0.15) is 37.2 Å². The smallest absolute Gasteiger partial charge is 0.287 e. The number of nitrogens with zero attached hydrogens (tertiary/aromatic N) is 1. The van der Waals surface area contributed by atoms with Gasteiger partial charge in [-0.25, -0.2) is 0 Å². The zero-order valence-electron chi connectivity index (χ0n) is 10.9. The molecular weight excluding hydrogens is 232 g/mol. The van der Waals surface area contributed by atoms with Crippen LogP contribution in [-0.4, -0.2) is 36.3 Å². The van der Waals surface area contributed by atoms with Gasteiger partial charge in [0, 0.05) is 13.1 Å². The van der Waals surface area contributed by atoms with E-state index >= 15 is 0 Å². The second kappa shape index (κ2) is 7.53. The average Bonchev–Trinajstić information content (AvgIpc) is 2.89. The average molecular weight is 252 g/mol. The van der Waals surface area contributed by atoms with Gasteiger partial charge in [0.2, 0.25) is 5.91 Å². The summed E-state index contributed by atoms with van der Waals surface area (Å²) in [6, 6.07) is 3.20. The summed E-state index contributed by atoms with van der Waals surface area (Å²) in [5, 5.41) is 2.56. The van der Waals surface area contributed by atoms with Gasteiger partial charge in [-0.05, 0) is 25.0 Å². The Morgan fingerprint density at radius 3 is 2.44 bits per heavy atom. The Morgan fingerprint density at radius 2 is 1.94 bits per heavy atom. The van der Waals surface area contributed by atoms with Gasteiger partial charge in [0.25, 0.3) is 5.91 Å². The van der Waals surface area contributed by atoms with E-state index in [-0.39, 0.29) is 24.1 Å². The predicted octanol–water partition coefficient (Wildman–Crippen LogP) is 1.66. The molecule has 18 heavy (non-hydrogen) atoms. The van der Waals surface area contributed by atoms with Gasteiger partial charge in [-0.1, -0.05) is 13.8 Å². The molecule has 1 aromatic rings. The molecule has 1 aromatic heterocycles. The number of amides is 2. The molecule has 5 heteroatoms. The van der Waals surface area contributed by atoms with Crippen molar-refractivity contribution in [3.05, 3.63) is 24.2 Å². The normalized spacial score (nSPS) is 10.1. The topological polar surface area (TPSA) is 62.6 Å². The summed E-state index contributed by atoms with van der Waals surface area (Å²) in [5.74, 6) is -0.194. The summed E-state index contributed by atoms with van der Waals surface area (Å²) in [6.07, 6.45) is 3.26. The van der Waals surface area contributed by atoms with Crippen LogP contribution in [0, 0.1) is 0 Å². The van der Waals surface area contributed by atoms with Gasteiger partial charge in [-0.15, -0.1) is 0 Å². The molecule has 0 spiro atoms. The molecular formula is C13H20N2O3. The number of rotatable bonds is 7. The Bertz CT molecular complexity index is 368. The maximum atomic E-state index is 11.9. The Labute approximate surface area is 107 Å². The van der Waals surface area contributed by atoms with Gasteiger partial charge in [0.05, 0.1) is 12.8 Å². The first-order valence-electron chi connectivity index (χ1n) is 6.28. The lowest BCUT2D eigenvalue weighted by Gasteiger charge is -2.21. The summed E-state index contributed by atoms with van der Waals surface area (Å²) in [7, 11) is 0. The minimum absolute atomic E-state index is 0.0134. The van der Waals surface area contributed by atoms with E-state index in [4.69, 9.17) is 4.42 Å². The summed E-state index contributed by atoms with van der Waals surface area (Å²) >= 11 is 0. The molecule has 0 atom stereocenters. The fourth-order valence-electron chi connectivity index (χ4n) is 1.66. The maximum Gasteiger partial charge on any atom is 0.287 e. The fraction of sp³-hybridized carbons (Fsp3) is 0.538. The van der Waals surface area contributed by atoms with E-state index in [1.165, 1.54) is 6.26 Å². The number of hydrogen-bond donors (Lipinski definition) is 1. The molecule has 1 heterocycles. The minimum Gasteiger partial charge on any atom is -0.459 e. The number of carbonyl (C=O) groups excluding carboxylic acids is 2. The molecule has 1 N–H and O–H groups in total. The second-order valence-corrected chi connectivity index (χ2v) is 4.04. The lowest BCUT2D eigenvalue weighted by Crippen LogP contribution is -2.40. The van der Waals surface area contributed by atoms with Crippen LogP contribution in [0.5, 0.6) is 0 Å². The third-order valence-electron chi connectivity index (χ3n) is 2.48. The van der Waals surface area contributed by atoms with Crippen molar-refractivity contribution < 1.29 is 14.0 Å². The van der Waals surface area contributed by atoms with E-state index in [0.29, 0.717) is 0 Å². The van der Waals surface area contributed by atoms with Crippen molar-refractivity contribution in [3.63, 3.8) is 0 Å². The van der Waals surface area contributed by atoms with E-state index in [0.717, 1.165) is 25.9 Å². The van der Waals surface area contributed by atoms with E-state index < -0.39 is 0 Å².